The fourth-order valence-corrected chi connectivity index (χ4v) is 3.16. The summed E-state index contributed by atoms with van der Waals surface area (Å²) in [6.07, 6.45) is 3.82. The number of carboxylic acids is 1. The molecule has 2 amide bonds. The molecule has 0 atom stereocenters. The fraction of sp³-hybridized carbons (Fsp3) is 0. The molecule has 0 aliphatic heterocycles. The van der Waals surface area contributed by atoms with E-state index in [0.29, 0.717) is 31.6 Å². The molecule has 0 unspecified atom stereocenters. The molecular formula is C16H11ClN4O3S. The van der Waals surface area contributed by atoms with Crippen molar-refractivity contribution in [2.24, 2.45) is 0 Å². The van der Waals surface area contributed by atoms with Crippen molar-refractivity contribution in [3.05, 3.63) is 52.6 Å². The van der Waals surface area contributed by atoms with Crippen LogP contribution in [0.25, 0.3) is 16.3 Å². The summed E-state index contributed by atoms with van der Waals surface area (Å²) >= 11 is 7.28. The molecular weight excluding hydrogens is 364 g/mol. The van der Waals surface area contributed by atoms with Gasteiger partial charge in [0.15, 0.2) is 5.82 Å². The van der Waals surface area contributed by atoms with Crippen molar-refractivity contribution in [2.45, 2.75) is 0 Å². The molecule has 2 aromatic heterocycles. The van der Waals surface area contributed by atoms with E-state index < -0.39 is 12.0 Å². The van der Waals surface area contributed by atoms with Crippen LogP contribution in [0.4, 0.5) is 16.3 Å². The molecule has 0 radical (unpaired) electrons. The van der Waals surface area contributed by atoms with Gasteiger partial charge < -0.3 is 10.4 Å². The van der Waals surface area contributed by atoms with Crippen LogP contribution in [0.5, 0.6) is 0 Å². The predicted octanol–water partition coefficient (Wildman–Crippen LogP) is 4.09. The number of aromatic nitrogens is 2. The Kier molecular flexibility index (Phi) is 4.92. The summed E-state index contributed by atoms with van der Waals surface area (Å²) in [6.45, 7) is 0. The summed E-state index contributed by atoms with van der Waals surface area (Å²) < 4.78 is 0.641. The van der Waals surface area contributed by atoms with E-state index in [0.717, 1.165) is 6.08 Å². The van der Waals surface area contributed by atoms with Gasteiger partial charge in [-0.25, -0.2) is 19.6 Å². The van der Waals surface area contributed by atoms with E-state index in [1.165, 1.54) is 23.7 Å². The molecule has 0 aliphatic carbocycles. The summed E-state index contributed by atoms with van der Waals surface area (Å²) in [5, 5.41) is 14.4. The van der Waals surface area contributed by atoms with Gasteiger partial charge in [0, 0.05) is 11.0 Å². The van der Waals surface area contributed by atoms with Crippen molar-refractivity contribution < 1.29 is 14.7 Å². The molecule has 3 rings (SSSR count). The van der Waals surface area contributed by atoms with Gasteiger partial charge in [0.25, 0.3) is 0 Å². The molecule has 25 heavy (non-hydrogen) atoms. The van der Waals surface area contributed by atoms with Crippen molar-refractivity contribution in [2.75, 3.05) is 10.6 Å². The van der Waals surface area contributed by atoms with E-state index in [4.69, 9.17) is 16.7 Å². The highest BCUT2D eigenvalue weighted by atomic mass is 35.5. The number of anilines is 2. The summed E-state index contributed by atoms with van der Waals surface area (Å²) in [4.78, 5) is 31.7. The van der Waals surface area contributed by atoms with Crippen LogP contribution >= 0.6 is 22.9 Å². The largest absolute Gasteiger partial charge is 0.478 e. The monoisotopic (exact) mass is 374 g/mol. The van der Waals surface area contributed by atoms with Crippen molar-refractivity contribution in [1.29, 1.82) is 0 Å². The molecule has 0 fully saturated rings. The minimum atomic E-state index is -1.04. The van der Waals surface area contributed by atoms with Crippen molar-refractivity contribution >= 4 is 62.7 Å². The van der Waals surface area contributed by atoms with Crippen LogP contribution < -0.4 is 10.6 Å². The molecule has 0 aliphatic rings. The van der Waals surface area contributed by atoms with Crippen molar-refractivity contribution in [3.63, 3.8) is 0 Å². The van der Waals surface area contributed by atoms with Crippen LogP contribution in [0, 0.1) is 0 Å². The molecule has 0 saturated carbocycles. The lowest BCUT2D eigenvalue weighted by molar-refractivity contribution is -0.131. The molecule has 2 heterocycles. The standard InChI is InChI=1S/C16H11ClN4O3S/c17-10-3-1-2-4-11(10)20-16(24)21-15-14-12(18-8-19-15)7-9(25-14)5-6-13(22)23/h1-8H,(H,22,23)(H2,18,19,20,21,24)/b6-5+. The van der Waals surface area contributed by atoms with Crippen LogP contribution in [0.15, 0.2) is 42.7 Å². The number of benzene rings is 1. The molecule has 0 spiro atoms. The Labute approximate surface area is 151 Å². The van der Waals surface area contributed by atoms with E-state index in [2.05, 4.69) is 20.6 Å². The number of aliphatic carboxylic acids is 1. The maximum atomic E-state index is 12.2. The maximum Gasteiger partial charge on any atom is 0.328 e. The Hall–Kier alpha value is -2.97. The number of carbonyl (C=O) groups excluding carboxylic acids is 1. The lowest BCUT2D eigenvalue weighted by Crippen LogP contribution is -2.20. The second kappa shape index (κ2) is 7.29. The number of carbonyl (C=O) groups is 2. The number of urea groups is 1. The number of nitrogens with zero attached hydrogens (tertiary/aromatic N) is 2. The lowest BCUT2D eigenvalue weighted by atomic mass is 10.3. The van der Waals surface area contributed by atoms with Crippen LogP contribution in [0.1, 0.15) is 4.88 Å². The Morgan fingerprint density at radius 1 is 1.20 bits per heavy atom. The number of fused-ring (bicyclic) bond motifs is 1. The fourth-order valence-electron chi connectivity index (χ4n) is 2.02. The number of rotatable bonds is 4. The number of hydrogen-bond acceptors (Lipinski definition) is 5. The Morgan fingerprint density at radius 3 is 2.76 bits per heavy atom. The van der Waals surface area contributed by atoms with E-state index in [1.54, 1.807) is 30.3 Å². The summed E-state index contributed by atoms with van der Waals surface area (Å²) in [7, 11) is 0. The van der Waals surface area contributed by atoms with Gasteiger partial charge in [0.2, 0.25) is 0 Å². The van der Waals surface area contributed by atoms with Gasteiger partial charge in [-0.2, -0.15) is 0 Å². The molecule has 1 aromatic carbocycles. The number of carboxylic acid groups (broad SMARTS) is 1. The minimum absolute atomic E-state index is 0.328. The summed E-state index contributed by atoms with van der Waals surface area (Å²) in [6, 6.07) is 8.09. The summed E-state index contributed by atoms with van der Waals surface area (Å²) in [5.41, 5.74) is 1.08. The average molecular weight is 375 g/mol. The third-order valence-corrected chi connectivity index (χ3v) is 4.50. The topological polar surface area (TPSA) is 104 Å². The first kappa shape index (κ1) is 16.9. The first-order valence-corrected chi connectivity index (χ1v) is 8.20. The highest BCUT2D eigenvalue weighted by molar-refractivity contribution is 7.20. The number of thiophene rings is 1. The molecule has 9 heteroatoms. The second-order valence-corrected chi connectivity index (χ2v) is 6.31. The smallest absolute Gasteiger partial charge is 0.328 e. The normalized spacial score (nSPS) is 10.9. The number of hydrogen-bond donors (Lipinski definition) is 3. The number of para-hydroxylation sites is 1. The van der Waals surface area contributed by atoms with Crippen LogP contribution in [-0.4, -0.2) is 27.1 Å². The zero-order valence-electron chi connectivity index (χ0n) is 12.6. The van der Waals surface area contributed by atoms with E-state index in [1.807, 2.05) is 0 Å². The van der Waals surface area contributed by atoms with Gasteiger partial charge in [-0.3, -0.25) is 5.32 Å². The third kappa shape index (κ3) is 4.11. The zero-order chi connectivity index (χ0) is 17.8. The van der Waals surface area contributed by atoms with Gasteiger partial charge in [0.05, 0.1) is 20.9 Å². The Bertz CT molecular complexity index is 986. The van der Waals surface area contributed by atoms with Crippen LogP contribution in [-0.2, 0) is 4.79 Å². The van der Waals surface area contributed by atoms with E-state index >= 15 is 0 Å². The summed E-state index contributed by atoms with van der Waals surface area (Å²) in [5.74, 6) is -0.712. The van der Waals surface area contributed by atoms with Crippen molar-refractivity contribution in [3.8, 4) is 0 Å². The van der Waals surface area contributed by atoms with E-state index in [-0.39, 0.29) is 0 Å². The Balaban J connectivity index is 1.82. The molecule has 7 nitrogen and oxygen atoms in total. The highest BCUT2D eigenvalue weighted by Gasteiger charge is 2.12. The van der Waals surface area contributed by atoms with E-state index in [9.17, 15) is 9.59 Å². The highest BCUT2D eigenvalue weighted by Crippen LogP contribution is 2.30. The molecule has 0 bridgehead atoms. The predicted molar refractivity (Wildman–Crippen MR) is 98.2 cm³/mol. The second-order valence-electron chi connectivity index (χ2n) is 4.82. The van der Waals surface area contributed by atoms with Crippen LogP contribution in [0.2, 0.25) is 5.02 Å². The Morgan fingerprint density at radius 2 is 2.00 bits per heavy atom. The average Bonchev–Trinajstić information content (AvgIpc) is 2.99. The quantitative estimate of drug-likeness (QED) is 0.597. The molecule has 3 N–H and O–H groups in total. The maximum absolute atomic E-state index is 12.2. The van der Waals surface area contributed by atoms with Gasteiger partial charge in [-0.1, -0.05) is 23.7 Å². The van der Waals surface area contributed by atoms with Crippen molar-refractivity contribution in [1.82, 2.24) is 9.97 Å². The SMILES string of the molecule is O=C(O)/C=C/c1cc2ncnc(NC(=O)Nc3ccccc3Cl)c2s1. The van der Waals surface area contributed by atoms with Gasteiger partial charge in [-0.15, -0.1) is 11.3 Å². The lowest BCUT2D eigenvalue weighted by Gasteiger charge is -2.08. The molecule has 0 saturated heterocycles. The van der Waals surface area contributed by atoms with Gasteiger partial charge in [-0.05, 0) is 24.3 Å². The van der Waals surface area contributed by atoms with Gasteiger partial charge in [0.1, 0.15) is 6.33 Å². The zero-order valence-corrected chi connectivity index (χ0v) is 14.1. The van der Waals surface area contributed by atoms with Crippen LogP contribution in [0.3, 0.4) is 0 Å². The van der Waals surface area contributed by atoms with Gasteiger partial charge >= 0.3 is 12.0 Å². The first-order chi connectivity index (χ1) is 12.0. The number of halogens is 1. The number of amides is 2. The minimum Gasteiger partial charge on any atom is -0.478 e. The first-order valence-electron chi connectivity index (χ1n) is 7.01. The number of nitrogens with one attached hydrogen (secondary N) is 2. The molecule has 126 valence electrons. The third-order valence-electron chi connectivity index (χ3n) is 3.07. The molecule has 3 aromatic rings.